The number of carboxylic acid groups (broad SMARTS) is 1. The summed E-state index contributed by atoms with van der Waals surface area (Å²) in [4.78, 5) is 37.3. The van der Waals surface area contributed by atoms with E-state index in [1.807, 2.05) is 21.1 Å². The Hall–Kier alpha value is -2.45. The highest BCUT2D eigenvalue weighted by atomic mass is 16.6. The number of carbonyl (C=O) groups excluding carboxylic acids is 2. The Labute approximate surface area is 421 Å². The van der Waals surface area contributed by atoms with Crippen molar-refractivity contribution in [1.29, 1.82) is 0 Å². The molecular formula is C60H112NO7+. The number of hydrogen-bond acceptors (Lipinski definition) is 6. The number of unbranched alkanes of at least 4 members (excludes halogenated alkanes) is 33. The number of rotatable bonds is 53. The molecule has 0 bridgehead atoms. The molecule has 0 aromatic heterocycles. The highest BCUT2D eigenvalue weighted by Crippen LogP contribution is 2.16. The minimum absolute atomic E-state index is 0.0543. The van der Waals surface area contributed by atoms with Crippen LogP contribution in [-0.4, -0.2) is 80.6 Å². The Morgan fingerprint density at radius 1 is 0.441 bits per heavy atom. The predicted octanol–water partition coefficient (Wildman–Crippen LogP) is 17.3. The van der Waals surface area contributed by atoms with Crippen molar-refractivity contribution in [3.05, 3.63) is 36.5 Å². The van der Waals surface area contributed by atoms with Gasteiger partial charge in [-0.05, 0) is 70.6 Å². The van der Waals surface area contributed by atoms with Gasteiger partial charge in [-0.2, -0.15) is 0 Å². The number of esters is 2. The van der Waals surface area contributed by atoms with E-state index in [4.69, 9.17) is 14.2 Å². The largest absolute Gasteiger partial charge is 0.477 e. The molecule has 0 radical (unpaired) electrons. The molecule has 0 aliphatic carbocycles. The molecule has 0 amide bonds. The lowest BCUT2D eigenvalue weighted by molar-refractivity contribution is -0.887. The lowest BCUT2D eigenvalue weighted by Crippen LogP contribution is -2.50. The van der Waals surface area contributed by atoms with Crippen molar-refractivity contribution in [3.8, 4) is 0 Å². The first kappa shape index (κ1) is 65.5. The maximum atomic E-state index is 12.8. The normalized spacial score (nSPS) is 13.0. The molecule has 1 N–H and O–H groups in total. The number of nitrogens with zero attached hydrogens (tertiary/aromatic N) is 1. The summed E-state index contributed by atoms with van der Waals surface area (Å²) in [6.07, 6.45) is 62.1. The third-order valence-electron chi connectivity index (χ3n) is 13.3. The van der Waals surface area contributed by atoms with Crippen LogP contribution in [-0.2, 0) is 28.6 Å². The molecule has 398 valence electrons. The number of hydrogen-bond donors (Lipinski definition) is 1. The van der Waals surface area contributed by atoms with Gasteiger partial charge in [0.2, 0.25) is 0 Å². The minimum atomic E-state index is -0.874. The second-order valence-corrected chi connectivity index (χ2v) is 20.9. The summed E-state index contributed by atoms with van der Waals surface area (Å²) in [5.74, 6) is -1.47. The second-order valence-electron chi connectivity index (χ2n) is 20.9. The Kier molecular flexibility index (Phi) is 49.1. The van der Waals surface area contributed by atoms with Crippen molar-refractivity contribution in [2.24, 2.45) is 0 Å². The quantitative estimate of drug-likeness (QED) is 0.0281. The summed E-state index contributed by atoms with van der Waals surface area (Å²) in [7, 11) is 5.54. The molecular weight excluding hydrogens is 847 g/mol. The molecule has 2 unspecified atom stereocenters. The van der Waals surface area contributed by atoms with Crippen LogP contribution in [0.4, 0.5) is 0 Å². The van der Waals surface area contributed by atoms with E-state index >= 15 is 0 Å². The molecule has 8 heteroatoms. The highest BCUT2D eigenvalue weighted by Gasteiger charge is 2.31. The zero-order chi connectivity index (χ0) is 49.9. The summed E-state index contributed by atoms with van der Waals surface area (Å²) < 4.78 is 17.4. The van der Waals surface area contributed by atoms with Gasteiger partial charge in [0.25, 0.3) is 0 Å². The lowest BCUT2D eigenvalue weighted by atomic mass is 10.1. The summed E-state index contributed by atoms with van der Waals surface area (Å²) in [6, 6.07) is -0.617. The van der Waals surface area contributed by atoms with Crippen LogP contribution in [0.2, 0.25) is 0 Å². The van der Waals surface area contributed by atoms with E-state index in [1.54, 1.807) is 0 Å². The topological polar surface area (TPSA) is 99.1 Å². The van der Waals surface area contributed by atoms with Crippen molar-refractivity contribution >= 4 is 17.9 Å². The SMILES string of the molecule is CCCCCCCCCCC/C=C/C/C=C/CCCCCCCCCC(=O)OC(COCCC(C(=O)O)[N+](C)(C)C)COC(=O)CCCCCCCCC/C=C/CCCCCCCCCCCC. The third kappa shape index (κ3) is 48.6. The molecule has 0 aromatic rings. The van der Waals surface area contributed by atoms with Crippen LogP contribution >= 0.6 is 0 Å². The van der Waals surface area contributed by atoms with Crippen molar-refractivity contribution < 1.29 is 38.2 Å². The number of carbonyl (C=O) groups is 3. The average molecular weight is 960 g/mol. The van der Waals surface area contributed by atoms with E-state index in [2.05, 4.69) is 50.3 Å². The molecule has 0 spiro atoms. The zero-order valence-corrected chi connectivity index (χ0v) is 45.6. The Balaban J connectivity index is 4.18. The molecule has 0 heterocycles. The van der Waals surface area contributed by atoms with Gasteiger partial charge >= 0.3 is 17.9 Å². The maximum absolute atomic E-state index is 12.8. The second kappa shape index (κ2) is 50.9. The standard InChI is InChI=1S/C60H111NO7/c1-6-8-10-12-14-16-18-20-22-24-26-28-29-31-33-35-37-39-41-43-45-47-49-51-59(63)68-56(54-66-53-52-57(60(64)65)61(3,4)5)55-67-58(62)50-48-46-44-42-40-38-36-34-32-30-27-25-23-21-19-17-15-13-11-9-7-2/h26,28,30-33,56-57H,6-25,27,29,34-55H2,1-5H3/p+1/b28-26+,32-30+,33-31+. The van der Waals surface area contributed by atoms with Crippen molar-refractivity contribution in [2.45, 2.75) is 289 Å². The first-order valence-corrected chi connectivity index (χ1v) is 29.0. The average Bonchev–Trinajstić information content (AvgIpc) is 3.30. The van der Waals surface area contributed by atoms with Crippen LogP contribution in [0.3, 0.4) is 0 Å². The third-order valence-corrected chi connectivity index (χ3v) is 13.3. The first-order chi connectivity index (χ1) is 33.1. The van der Waals surface area contributed by atoms with Gasteiger partial charge in [-0.3, -0.25) is 9.59 Å². The summed E-state index contributed by atoms with van der Waals surface area (Å²) in [6.45, 7) is 4.77. The molecule has 8 nitrogen and oxygen atoms in total. The van der Waals surface area contributed by atoms with E-state index < -0.39 is 18.1 Å². The van der Waals surface area contributed by atoms with Gasteiger partial charge in [-0.1, -0.05) is 224 Å². The Bertz CT molecular complexity index is 1210. The van der Waals surface area contributed by atoms with Crippen LogP contribution in [0, 0.1) is 0 Å². The van der Waals surface area contributed by atoms with Gasteiger partial charge in [0.15, 0.2) is 12.1 Å². The van der Waals surface area contributed by atoms with Crippen LogP contribution in [0.25, 0.3) is 0 Å². The number of ether oxygens (including phenoxy) is 3. The maximum Gasteiger partial charge on any atom is 0.362 e. The number of carboxylic acids is 1. The van der Waals surface area contributed by atoms with Crippen LogP contribution in [0.1, 0.15) is 277 Å². The minimum Gasteiger partial charge on any atom is -0.477 e. The van der Waals surface area contributed by atoms with Gasteiger partial charge in [0.1, 0.15) is 6.61 Å². The molecule has 0 saturated heterocycles. The summed E-state index contributed by atoms with van der Waals surface area (Å²) in [5.41, 5.74) is 0. The molecule has 0 rings (SSSR count). The highest BCUT2D eigenvalue weighted by molar-refractivity contribution is 5.72. The predicted molar refractivity (Wildman–Crippen MR) is 289 cm³/mol. The fourth-order valence-electron chi connectivity index (χ4n) is 8.77. The van der Waals surface area contributed by atoms with Crippen LogP contribution in [0.5, 0.6) is 0 Å². The van der Waals surface area contributed by atoms with Gasteiger partial charge < -0.3 is 23.8 Å². The zero-order valence-electron chi connectivity index (χ0n) is 45.6. The smallest absolute Gasteiger partial charge is 0.362 e. The number of quaternary nitrogens is 1. The first-order valence-electron chi connectivity index (χ1n) is 29.0. The summed E-state index contributed by atoms with van der Waals surface area (Å²) in [5, 5.41) is 9.68. The van der Waals surface area contributed by atoms with Crippen LogP contribution < -0.4 is 0 Å². The monoisotopic (exact) mass is 959 g/mol. The molecule has 0 fully saturated rings. The molecule has 0 aliphatic rings. The van der Waals surface area contributed by atoms with E-state index in [0.29, 0.717) is 19.3 Å². The van der Waals surface area contributed by atoms with Crippen LogP contribution in [0.15, 0.2) is 36.5 Å². The molecule has 0 saturated carbocycles. The molecule has 0 aromatic carbocycles. The molecule has 0 aliphatic heterocycles. The Morgan fingerprint density at radius 2 is 0.779 bits per heavy atom. The van der Waals surface area contributed by atoms with Gasteiger partial charge in [0.05, 0.1) is 34.4 Å². The van der Waals surface area contributed by atoms with Gasteiger partial charge in [0, 0.05) is 19.3 Å². The van der Waals surface area contributed by atoms with E-state index in [1.165, 1.54) is 193 Å². The molecule has 68 heavy (non-hydrogen) atoms. The number of allylic oxidation sites excluding steroid dienone is 6. The number of aliphatic carboxylic acids is 1. The fraction of sp³-hybridized carbons (Fsp3) is 0.850. The van der Waals surface area contributed by atoms with E-state index in [-0.39, 0.29) is 36.2 Å². The van der Waals surface area contributed by atoms with Crippen molar-refractivity contribution in [1.82, 2.24) is 0 Å². The van der Waals surface area contributed by atoms with E-state index in [9.17, 15) is 19.5 Å². The Morgan fingerprint density at radius 3 is 1.15 bits per heavy atom. The van der Waals surface area contributed by atoms with E-state index in [0.717, 1.165) is 51.4 Å². The van der Waals surface area contributed by atoms with Crippen molar-refractivity contribution in [2.75, 3.05) is 41.0 Å². The van der Waals surface area contributed by atoms with Gasteiger partial charge in [-0.25, -0.2) is 4.79 Å². The summed E-state index contributed by atoms with van der Waals surface area (Å²) >= 11 is 0. The van der Waals surface area contributed by atoms with Gasteiger partial charge in [-0.15, -0.1) is 0 Å². The van der Waals surface area contributed by atoms with Crippen molar-refractivity contribution in [3.63, 3.8) is 0 Å². The number of likely N-dealkylation sites (N-methyl/N-ethyl adjacent to an activating group) is 1. The fourth-order valence-corrected chi connectivity index (χ4v) is 8.77. The lowest BCUT2D eigenvalue weighted by Gasteiger charge is -2.31. The molecule has 2 atom stereocenters.